The maximum atomic E-state index is 13.2. The predicted octanol–water partition coefficient (Wildman–Crippen LogP) is 0.393. The van der Waals surface area contributed by atoms with E-state index in [0.717, 1.165) is 22.3 Å². The van der Waals surface area contributed by atoms with E-state index in [-0.39, 0.29) is 63.8 Å². The van der Waals surface area contributed by atoms with Crippen molar-refractivity contribution in [1.82, 2.24) is 30.9 Å². The second-order valence-corrected chi connectivity index (χ2v) is 14.6. The molecule has 322 valence electrons. The molecule has 2 aliphatic heterocycles. The van der Waals surface area contributed by atoms with E-state index in [1.165, 1.54) is 24.0 Å². The first-order chi connectivity index (χ1) is 28.8. The van der Waals surface area contributed by atoms with Gasteiger partial charge >= 0.3 is 38.2 Å². The van der Waals surface area contributed by atoms with Gasteiger partial charge in [0, 0.05) is 51.9 Å². The molecule has 0 bridgehead atoms. The van der Waals surface area contributed by atoms with Crippen LogP contribution in [-0.2, 0) is 64.1 Å². The van der Waals surface area contributed by atoms with Gasteiger partial charge in [-0.2, -0.15) is 0 Å². The number of hydrogen-bond acceptors (Lipinski definition) is 14. The van der Waals surface area contributed by atoms with Crippen molar-refractivity contribution >= 4 is 50.0 Å². The molecule has 0 radical (unpaired) electrons. The zero-order chi connectivity index (χ0) is 43.6. The van der Waals surface area contributed by atoms with Crippen LogP contribution in [0.15, 0.2) is 48.5 Å². The van der Waals surface area contributed by atoms with E-state index < -0.39 is 62.4 Å². The third-order valence-corrected chi connectivity index (χ3v) is 9.95. The minimum atomic E-state index is -0.879. The summed E-state index contributed by atoms with van der Waals surface area (Å²) < 4.78 is 20.1. The molecular formula is C40H54B2N6O12. The van der Waals surface area contributed by atoms with E-state index in [1.54, 1.807) is 13.6 Å². The molecule has 4 rings (SSSR count). The Morgan fingerprint density at radius 1 is 0.667 bits per heavy atom. The normalized spacial score (nSPS) is 18.1. The van der Waals surface area contributed by atoms with E-state index in [0.29, 0.717) is 25.9 Å². The smallest absolute Gasteiger partial charge is 0.408 e. The van der Waals surface area contributed by atoms with Crippen molar-refractivity contribution in [2.75, 3.05) is 40.5 Å². The Morgan fingerprint density at radius 2 is 1.05 bits per heavy atom. The zero-order valence-corrected chi connectivity index (χ0v) is 34.4. The van der Waals surface area contributed by atoms with E-state index in [9.17, 15) is 38.8 Å². The number of ether oxygens (including phenoxy) is 4. The lowest BCUT2D eigenvalue weighted by Gasteiger charge is -2.22. The number of benzene rings is 2. The van der Waals surface area contributed by atoms with Crippen LogP contribution < -0.4 is 21.1 Å². The molecule has 4 unspecified atom stereocenters. The standard InChI is InChI=1S/C40H54B2N6O12/c1-41(55)43-23-29-11-7-9-27(19-29)13-15-35(49)47-25-31(21-33(47)37(51)57-3)45-39(53)59-17-5-6-18-60-40(54)46-32-22-34(38(52)58-4)48(26-32)36(50)16-14-28-10-8-12-30(20-28)24-44-42(2)56/h7-12,19-20,31-34,43-44,55-56H,13-18,21-26H2,1-4H3,(H,45,53)(H,46,54). The maximum Gasteiger partial charge on any atom is 0.408 e. The molecule has 60 heavy (non-hydrogen) atoms. The minimum Gasteiger partial charge on any atom is -0.467 e. The van der Waals surface area contributed by atoms with Gasteiger partial charge in [0.2, 0.25) is 11.8 Å². The summed E-state index contributed by atoms with van der Waals surface area (Å²) >= 11 is 0. The topological polar surface area (TPSA) is 234 Å². The molecule has 6 N–H and O–H groups in total. The number of nitrogens with zero attached hydrogens (tertiary/aromatic N) is 2. The van der Waals surface area contributed by atoms with Gasteiger partial charge in [-0.05, 0) is 48.7 Å². The van der Waals surface area contributed by atoms with Gasteiger partial charge in [-0.15, -0.1) is 0 Å². The van der Waals surface area contributed by atoms with Gasteiger partial charge in [-0.3, -0.25) is 9.59 Å². The Hall–Kier alpha value is -5.61. The molecule has 4 amide bonds. The molecule has 20 heteroatoms. The first-order valence-corrected chi connectivity index (χ1v) is 19.8. The molecule has 0 aliphatic carbocycles. The highest BCUT2D eigenvalue weighted by Crippen LogP contribution is 2.23. The summed E-state index contributed by atoms with van der Waals surface area (Å²) in [5, 5.41) is 30.1. The fraction of sp³-hybridized carbons (Fsp3) is 0.500. The van der Waals surface area contributed by atoms with Crippen LogP contribution in [0.4, 0.5) is 9.59 Å². The number of hydrogen-bond donors (Lipinski definition) is 6. The molecule has 0 saturated carbocycles. The Morgan fingerprint density at radius 3 is 1.42 bits per heavy atom. The molecule has 2 aromatic carbocycles. The van der Waals surface area contributed by atoms with Gasteiger partial charge in [0.05, 0.1) is 26.3 Å². The van der Waals surface area contributed by atoms with Crippen LogP contribution in [0, 0.1) is 11.8 Å². The summed E-state index contributed by atoms with van der Waals surface area (Å²) in [4.78, 5) is 79.4. The molecule has 2 aromatic rings. The van der Waals surface area contributed by atoms with Gasteiger partial charge in [0.25, 0.3) is 0 Å². The number of methoxy groups -OCH3 is 2. The van der Waals surface area contributed by atoms with Crippen LogP contribution in [0.5, 0.6) is 0 Å². The average Bonchev–Trinajstić information content (AvgIpc) is 3.86. The van der Waals surface area contributed by atoms with Gasteiger partial charge in [0.1, 0.15) is 12.1 Å². The molecule has 2 fully saturated rings. The first kappa shape index (κ1) is 47.1. The number of carbonyl (C=O) groups is 6. The molecule has 2 heterocycles. The first-order valence-electron chi connectivity index (χ1n) is 19.8. The van der Waals surface area contributed by atoms with Crippen molar-refractivity contribution < 1.29 is 57.8 Å². The van der Waals surface area contributed by atoms with Crippen LogP contribution in [0.2, 0.25) is 13.6 Å². The Balaban J connectivity index is 1.17. The van der Waals surface area contributed by atoms with Gasteiger partial charge in [-0.1, -0.05) is 60.4 Å². The van der Waals surface area contributed by atoms with Crippen LogP contribution >= 0.6 is 0 Å². The number of aryl methyl sites for hydroxylation is 2. The van der Waals surface area contributed by atoms with Crippen LogP contribution in [0.1, 0.15) is 47.9 Å². The van der Waals surface area contributed by atoms with E-state index in [4.69, 9.17) is 18.9 Å². The van der Waals surface area contributed by atoms with Crippen LogP contribution in [-0.4, -0.2) is 135 Å². The number of esters is 2. The highest BCUT2D eigenvalue weighted by atomic mass is 16.6. The number of amides is 4. The fourth-order valence-corrected chi connectivity index (χ4v) is 6.98. The van der Waals surface area contributed by atoms with Gasteiger partial charge in [-0.25, -0.2) is 19.2 Å². The Labute approximate surface area is 350 Å². The second-order valence-electron chi connectivity index (χ2n) is 14.6. The molecule has 4 atom stereocenters. The monoisotopic (exact) mass is 832 g/mol. The summed E-state index contributed by atoms with van der Waals surface area (Å²) in [5.41, 5.74) is 3.74. The maximum absolute atomic E-state index is 13.2. The Kier molecular flexibility index (Phi) is 18.7. The lowest BCUT2D eigenvalue weighted by atomic mass is 9.88. The summed E-state index contributed by atoms with van der Waals surface area (Å²) in [5.74, 6) is 3.41. The molecular weight excluding hydrogens is 778 g/mol. The van der Waals surface area contributed by atoms with Crippen molar-refractivity contribution in [2.45, 2.75) is 89.4 Å². The number of likely N-dealkylation sites (tertiary alicyclic amines) is 2. The quantitative estimate of drug-likeness (QED) is 0.0517. The van der Waals surface area contributed by atoms with E-state index in [1.807, 2.05) is 48.5 Å². The van der Waals surface area contributed by atoms with Crippen molar-refractivity contribution in [3.8, 4) is 11.8 Å². The van der Waals surface area contributed by atoms with Crippen molar-refractivity contribution in [2.24, 2.45) is 0 Å². The average molecular weight is 833 g/mol. The van der Waals surface area contributed by atoms with E-state index >= 15 is 0 Å². The number of alkyl carbamates (subject to hydrolysis) is 2. The lowest BCUT2D eigenvalue weighted by molar-refractivity contribution is -0.151. The molecule has 2 saturated heterocycles. The third kappa shape index (κ3) is 15.2. The summed E-state index contributed by atoms with van der Waals surface area (Å²) in [6, 6.07) is 12.3. The molecule has 0 aromatic heterocycles. The molecule has 2 aliphatic rings. The minimum absolute atomic E-state index is 0.0761. The molecule has 0 spiro atoms. The van der Waals surface area contributed by atoms with Crippen LogP contribution in [0.25, 0.3) is 0 Å². The number of carbonyl (C=O) groups excluding carboxylic acids is 6. The summed E-state index contributed by atoms with van der Waals surface area (Å²) in [6.45, 7) is 3.68. The number of nitrogens with one attached hydrogen (secondary N) is 4. The van der Waals surface area contributed by atoms with Crippen LogP contribution in [0.3, 0.4) is 0 Å². The van der Waals surface area contributed by atoms with Crippen molar-refractivity contribution in [3.63, 3.8) is 0 Å². The second kappa shape index (κ2) is 23.8. The molecule has 18 nitrogen and oxygen atoms in total. The van der Waals surface area contributed by atoms with Crippen molar-refractivity contribution in [3.05, 3.63) is 70.8 Å². The van der Waals surface area contributed by atoms with Gasteiger partial charge < -0.3 is 59.9 Å². The van der Waals surface area contributed by atoms with Gasteiger partial charge in [0.15, 0.2) is 13.2 Å². The third-order valence-electron chi connectivity index (χ3n) is 9.95. The lowest BCUT2D eigenvalue weighted by Crippen LogP contribution is -2.42. The summed E-state index contributed by atoms with van der Waals surface area (Å²) in [6.07, 6.45) is -0.252. The van der Waals surface area contributed by atoms with Crippen molar-refractivity contribution in [1.29, 1.82) is 0 Å². The summed E-state index contributed by atoms with van der Waals surface area (Å²) in [7, 11) is 1.15. The SMILES string of the molecule is COC(=O)C1CC(NC(=O)OCC#CCOC(=O)NC2CC(C(=O)OC)N(C(=O)CCc3cccc(CNB(C)O)c3)C2)CN1C(=O)CCc1cccc(CNB(C)O)c1. The largest absolute Gasteiger partial charge is 0.467 e. The highest BCUT2D eigenvalue weighted by Gasteiger charge is 2.42. The zero-order valence-electron chi connectivity index (χ0n) is 34.4. The highest BCUT2D eigenvalue weighted by molar-refractivity contribution is 6.45. The predicted molar refractivity (Wildman–Crippen MR) is 219 cm³/mol. The number of rotatable bonds is 18. The Bertz CT molecular complexity index is 1750. The fourth-order valence-electron chi connectivity index (χ4n) is 6.98. The van der Waals surface area contributed by atoms with E-state index in [2.05, 4.69) is 32.9 Å².